The number of sulfonamides is 1. The summed E-state index contributed by atoms with van der Waals surface area (Å²) in [5.74, 6) is -0.0221. The maximum atomic E-state index is 13.2. The van der Waals surface area contributed by atoms with Gasteiger partial charge in [-0.15, -0.1) is 0 Å². The lowest BCUT2D eigenvalue weighted by Gasteiger charge is -2.35. The molecule has 0 aliphatic carbocycles. The Morgan fingerprint density at radius 2 is 1.94 bits per heavy atom. The number of fused-ring (bicyclic) bond motifs is 1. The highest BCUT2D eigenvalue weighted by Gasteiger charge is 2.38. The standard InChI is InChI=1S/C21H22ClN3O5S.H2/c1-30-21(27)23-31(28,29)17-7-5-16(6-8-17)24-12-10-19(20(24)26)25-11-2-3-14-13-15(22)4-9-18(14)25;/h4-9,13,19H,2-3,10-12H2,1H3,(H,23,27);1H/t19-;/m0./s1. The van der Waals surface area contributed by atoms with Crippen LogP contribution in [0.25, 0.3) is 0 Å². The molecule has 2 aromatic carbocycles. The minimum atomic E-state index is -4.04. The van der Waals surface area contributed by atoms with Gasteiger partial charge in [-0.3, -0.25) is 4.79 Å². The molecule has 31 heavy (non-hydrogen) atoms. The molecule has 10 heteroatoms. The smallest absolute Gasteiger partial charge is 0.420 e. The van der Waals surface area contributed by atoms with Crippen LogP contribution in [0.3, 0.4) is 0 Å². The van der Waals surface area contributed by atoms with Crippen LogP contribution in [0.15, 0.2) is 47.4 Å². The highest BCUT2D eigenvalue weighted by Crippen LogP contribution is 2.34. The molecule has 0 radical (unpaired) electrons. The van der Waals surface area contributed by atoms with Gasteiger partial charge in [0.2, 0.25) is 5.91 Å². The normalized spacial score (nSPS) is 18.6. The van der Waals surface area contributed by atoms with Gasteiger partial charge in [0, 0.05) is 30.9 Å². The van der Waals surface area contributed by atoms with Crippen LogP contribution in [-0.2, 0) is 26.0 Å². The number of amides is 2. The van der Waals surface area contributed by atoms with E-state index in [9.17, 15) is 18.0 Å². The molecule has 2 aliphatic rings. The number of carbonyl (C=O) groups excluding carboxylic acids is 2. The average Bonchev–Trinajstić information content (AvgIpc) is 3.13. The number of aryl methyl sites for hydroxylation is 1. The first-order valence-corrected chi connectivity index (χ1v) is 11.7. The summed E-state index contributed by atoms with van der Waals surface area (Å²) < 4.78 is 30.5. The quantitative estimate of drug-likeness (QED) is 0.745. The molecular formula is C21H24ClN3O5S. The van der Waals surface area contributed by atoms with Gasteiger partial charge < -0.3 is 14.5 Å². The zero-order valence-corrected chi connectivity index (χ0v) is 18.4. The van der Waals surface area contributed by atoms with Crippen LogP contribution in [-0.4, -0.2) is 46.7 Å². The molecule has 0 bridgehead atoms. The molecule has 1 N–H and O–H groups in total. The number of hydrogen-bond acceptors (Lipinski definition) is 6. The second kappa shape index (κ2) is 8.39. The van der Waals surface area contributed by atoms with Crippen LogP contribution in [0.4, 0.5) is 16.2 Å². The second-order valence-electron chi connectivity index (χ2n) is 7.46. The van der Waals surface area contributed by atoms with E-state index in [1.807, 2.05) is 18.2 Å². The maximum Gasteiger partial charge on any atom is 0.420 e. The predicted molar refractivity (Wildman–Crippen MR) is 119 cm³/mol. The molecule has 1 saturated heterocycles. The number of benzene rings is 2. The van der Waals surface area contributed by atoms with E-state index in [4.69, 9.17) is 11.6 Å². The molecule has 0 spiro atoms. The van der Waals surface area contributed by atoms with Gasteiger partial charge in [-0.25, -0.2) is 17.9 Å². The Balaban J connectivity index is 0.00000289. The summed E-state index contributed by atoms with van der Waals surface area (Å²) in [6.07, 6.45) is 1.50. The monoisotopic (exact) mass is 465 g/mol. The highest BCUT2D eigenvalue weighted by atomic mass is 35.5. The summed E-state index contributed by atoms with van der Waals surface area (Å²) in [7, 11) is -2.96. The van der Waals surface area contributed by atoms with Crippen LogP contribution in [0.1, 0.15) is 19.8 Å². The molecule has 8 nitrogen and oxygen atoms in total. The SMILES string of the molecule is COC(=O)NS(=O)(=O)c1ccc(N2CC[C@H](N3CCCc4cc(Cl)ccc43)C2=O)cc1.[HH]. The molecule has 0 saturated carbocycles. The zero-order valence-electron chi connectivity index (χ0n) is 16.9. The van der Waals surface area contributed by atoms with E-state index in [1.54, 1.807) is 21.8 Å². The number of hydrogen-bond donors (Lipinski definition) is 1. The fourth-order valence-corrected chi connectivity index (χ4v) is 5.25. The van der Waals surface area contributed by atoms with Crippen molar-refractivity contribution in [2.45, 2.75) is 30.2 Å². The van der Waals surface area contributed by atoms with E-state index < -0.39 is 16.1 Å². The van der Waals surface area contributed by atoms with Crippen molar-refractivity contribution in [1.82, 2.24) is 4.72 Å². The lowest BCUT2D eigenvalue weighted by molar-refractivity contribution is -0.118. The van der Waals surface area contributed by atoms with Crippen LogP contribution < -0.4 is 14.5 Å². The number of nitrogens with one attached hydrogen (secondary N) is 1. The minimum Gasteiger partial charge on any atom is -0.452 e. The molecule has 1 atom stereocenters. The summed E-state index contributed by atoms with van der Waals surface area (Å²) >= 11 is 6.13. The van der Waals surface area contributed by atoms with E-state index in [1.165, 1.54) is 12.1 Å². The van der Waals surface area contributed by atoms with Gasteiger partial charge in [-0.2, -0.15) is 0 Å². The molecule has 4 rings (SSSR count). The fourth-order valence-electron chi connectivity index (χ4n) is 4.14. The van der Waals surface area contributed by atoms with Crippen molar-refractivity contribution in [3.05, 3.63) is 53.1 Å². The average molecular weight is 466 g/mol. The third-order valence-corrected chi connectivity index (χ3v) is 7.17. The maximum absolute atomic E-state index is 13.2. The Morgan fingerprint density at radius 1 is 1.19 bits per heavy atom. The molecular weight excluding hydrogens is 442 g/mol. The van der Waals surface area contributed by atoms with Crippen molar-refractivity contribution < 1.29 is 24.2 Å². The van der Waals surface area contributed by atoms with E-state index in [0.29, 0.717) is 23.7 Å². The molecule has 2 heterocycles. The number of rotatable bonds is 4. The van der Waals surface area contributed by atoms with Crippen LogP contribution in [0, 0.1) is 0 Å². The molecule has 2 amide bonds. The van der Waals surface area contributed by atoms with E-state index in [-0.39, 0.29) is 18.3 Å². The molecule has 2 aromatic rings. The number of methoxy groups -OCH3 is 1. The van der Waals surface area contributed by atoms with E-state index in [2.05, 4.69) is 9.64 Å². The lowest BCUT2D eigenvalue weighted by Crippen LogP contribution is -2.44. The predicted octanol–water partition coefficient (Wildman–Crippen LogP) is 3.19. The largest absolute Gasteiger partial charge is 0.452 e. The van der Waals surface area contributed by atoms with Crippen LogP contribution in [0.5, 0.6) is 0 Å². The van der Waals surface area contributed by atoms with Crippen molar-refractivity contribution in [2.75, 3.05) is 30.0 Å². The second-order valence-corrected chi connectivity index (χ2v) is 9.57. The molecule has 2 aliphatic heterocycles. The van der Waals surface area contributed by atoms with Crippen LogP contribution in [0.2, 0.25) is 5.02 Å². The summed E-state index contributed by atoms with van der Waals surface area (Å²) in [6.45, 7) is 1.34. The van der Waals surface area contributed by atoms with E-state index in [0.717, 1.165) is 37.7 Å². The number of halogens is 1. The fraction of sp³-hybridized carbons (Fsp3) is 0.333. The number of ether oxygens (including phenoxy) is 1. The first kappa shape index (κ1) is 21.5. The van der Waals surface area contributed by atoms with Crippen LogP contribution >= 0.6 is 11.6 Å². The Kier molecular flexibility index (Phi) is 5.81. The van der Waals surface area contributed by atoms with E-state index >= 15 is 0 Å². The Labute approximate surface area is 187 Å². The van der Waals surface area contributed by atoms with Crippen molar-refractivity contribution in [2.24, 2.45) is 0 Å². The van der Waals surface area contributed by atoms with Gasteiger partial charge in [0.15, 0.2) is 0 Å². The molecule has 1 fully saturated rings. The van der Waals surface area contributed by atoms with Gasteiger partial charge in [-0.1, -0.05) is 11.6 Å². The molecule has 166 valence electrons. The third-order valence-electron chi connectivity index (χ3n) is 5.61. The molecule has 0 aromatic heterocycles. The summed E-state index contributed by atoms with van der Waals surface area (Å²) in [5, 5.41) is 0.691. The Morgan fingerprint density at radius 3 is 2.65 bits per heavy atom. The first-order chi connectivity index (χ1) is 14.8. The van der Waals surface area contributed by atoms with Crippen molar-refractivity contribution in [3.8, 4) is 0 Å². The van der Waals surface area contributed by atoms with Gasteiger partial charge >= 0.3 is 6.09 Å². The summed E-state index contributed by atoms with van der Waals surface area (Å²) in [4.78, 5) is 28.2. The Bertz CT molecular complexity index is 1130. The van der Waals surface area contributed by atoms with Gasteiger partial charge in [0.05, 0.1) is 12.0 Å². The van der Waals surface area contributed by atoms with Crippen molar-refractivity contribution >= 4 is 45.0 Å². The van der Waals surface area contributed by atoms with Gasteiger partial charge in [-0.05, 0) is 67.3 Å². The van der Waals surface area contributed by atoms with Gasteiger partial charge in [0.1, 0.15) is 6.04 Å². The molecule has 0 unspecified atom stereocenters. The third kappa shape index (κ3) is 4.20. The summed E-state index contributed by atoms with van der Waals surface area (Å²) in [6, 6.07) is 11.4. The topological polar surface area (TPSA) is 96.0 Å². The van der Waals surface area contributed by atoms with Gasteiger partial charge in [0.25, 0.3) is 10.0 Å². The number of anilines is 2. The van der Waals surface area contributed by atoms with Crippen molar-refractivity contribution in [3.63, 3.8) is 0 Å². The number of carbonyl (C=O) groups is 2. The Hall–Kier alpha value is -2.78. The first-order valence-electron chi connectivity index (χ1n) is 9.87. The zero-order chi connectivity index (χ0) is 22.2. The lowest BCUT2D eigenvalue weighted by atomic mass is 9.99. The summed E-state index contributed by atoms with van der Waals surface area (Å²) in [5.41, 5.74) is 2.81. The minimum absolute atomic E-state index is 0. The highest BCUT2D eigenvalue weighted by molar-refractivity contribution is 7.90. The van der Waals surface area contributed by atoms with Crippen molar-refractivity contribution in [1.29, 1.82) is 0 Å². The number of nitrogens with zero attached hydrogens (tertiary/aromatic N) is 2.